The maximum atomic E-state index is 13.0. The number of nitriles is 1. The fraction of sp³-hybridized carbons (Fsp3) is 0.105. The Hall–Kier alpha value is -3.66. The Morgan fingerprint density at radius 3 is 2.62 bits per heavy atom. The third-order valence-electron chi connectivity index (χ3n) is 3.44. The van der Waals surface area contributed by atoms with E-state index in [2.05, 4.69) is 9.97 Å². The van der Waals surface area contributed by atoms with Gasteiger partial charge in [0.15, 0.2) is 0 Å². The van der Waals surface area contributed by atoms with Crippen molar-refractivity contribution in [2.75, 3.05) is 13.2 Å². The Morgan fingerprint density at radius 1 is 1.08 bits per heavy atom. The molecule has 6 nitrogen and oxygen atoms in total. The Labute approximate surface area is 148 Å². The summed E-state index contributed by atoms with van der Waals surface area (Å²) in [6.45, 7) is 0.380. The van der Waals surface area contributed by atoms with E-state index in [0.717, 1.165) is 0 Å². The number of ether oxygens (including phenoxy) is 2. The first kappa shape index (κ1) is 17.2. The van der Waals surface area contributed by atoms with E-state index in [9.17, 15) is 9.18 Å². The summed E-state index contributed by atoms with van der Waals surface area (Å²) in [5.74, 6) is 0.343. The zero-order chi connectivity index (χ0) is 18.4. The van der Waals surface area contributed by atoms with E-state index in [1.807, 2.05) is 6.07 Å². The number of nitrogens with one attached hydrogen (secondary N) is 1. The van der Waals surface area contributed by atoms with Gasteiger partial charge < -0.3 is 14.5 Å². The van der Waals surface area contributed by atoms with Crippen LogP contribution < -0.4 is 15.0 Å². The number of hydrogen-bond acceptors (Lipinski definition) is 5. The summed E-state index contributed by atoms with van der Waals surface area (Å²) >= 11 is 0. The fourth-order valence-electron chi connectivity index (χ4n) is 2.25. The van der Waals surface area contributed by atoms with Gasteiger partial charge in [-0.25, -0.2) is 9.37 Å². The molecule has 1 N–H and O–H groups in total. The van der Waals surface area contributed by atoms with Crippen LogP contribution in [0.25, 0.3) is 11.3 Å². The first-order valence-corrected chi connectivity index (χ1v) is 7.76. The lowest BCUT2D eigenvalue weighted by Gasteiger charge is -2.09. The molecule has 3 rings (SSSR count). The highest BCUT2D eigenvalue weighted by atomic mass is 19.1. The molecule has 0 unspecified atom stereocenters. The maximum Gasteiger partial charge on any atom is 0.252 e. The molecule has 26 heavy (non-hydrogen) atoms. The van der Waals surface area contributed by atoms with Crippen molar-refractivity contribution in [3.05, 3.63) is 76.5 Å². The van der Waals surface area contributed by atoms with Gasteiger partial charge >= 0.3 is 0 Å². The lowest BCUT2D eigenvalue weighted by Crippen LogP contribution is -2.12. The average molecular weight is 351 g/mol. The number of benzene rings is 1. The number of aromatic nitrogens is 2. The van der Waals surface area contributed by atoms with Gasteiger partial charge in [0.1, 0.15) is 24.8 Å². The quantitative estimate of drug-likeness (QED) is 0.690. The van der Waals surface area contributed by atoms with Crippen LogP contribution in [0.5, 0.6) is 11.6 Å². The van der Waals surface area contributed by atoms with Crippen molar-refractivity contribution in [2.24, 2.45) is 0 Å². The molecule has 130 valence electrons. The van der Waals surface area contributed by atoms with Crippen LogP contribution in [-0.2, 0) is 0 Å². The van der Waals surface area contributed by atoms with Gasteiger partial charge in [-0.1, -0.05) is 0 Å². The molecular weight excluding hydrogens is 337 g/mol. The van der Waals surface area contributed by atoms with Gasteiger partial charge in [0, 0.05) is 24.4 Å². The van der Waals surface area contributed by atoms with Crippen LogP contribution in [0.4, 0.5) is 4.39 Å². The molecule has 0 aliphatic rings. The lowest BCUT2D eigenvalue weighted by molar-refractivity contribution is 0.211. The molecule has 0 atom stereocenters. The van der Waals surface area contributed by atoms with E-state index in [1.165, 1.54) is 30.5 Å². The highest BCUT2D eigenvalue weighted by Gasteiger charge is 2.04. The van der Waals surface area contributed by atoms with Crippen LogP contribution in [0, 0.1) is 17.1 Å². The first-order chi connectivity index (χ1) is 12.6. The number of pyridine rings is 2. The van der Waals surface area contributed by atoms with Crippen LogP contribution in [0.2, 0.25) is 0 Å². The second kappa shape index (κ2) is 7.94. The number of rotatable bonds is 6. The van der Waals surface area contributed by atoms with Gasteiger partial charge in [0.2, 0.25) is 5.88 Å². The van der Waals surface area contributed by atoms with Crippen LogP contribution >= 0.6 is 0 Å². The zero-order valence-electron chi connectivity index (χ0n) is 13.6. The van der Waals surface area contributed by atoms with E-state index in [0.29, 0.717) is 28.5 Å². The number of H-pyrrole nitrogens is 1. The SMILES string of the molecule is N#Cc1ccnc(OCCOc2cc(-c3ccc(F)cc3)[nH]c(=O)c2)c1. The molecule has 0 saturated carbocycles. The molecule has 1 aromatic carbocycles. The summed E-state index contributed by atoms with van der Waals surface area (Å²) in [7, 11) is 0. The third kappa shape index (κ3) is 4.45. The van der Waals surface area contributed by atoms with Crippen molar-refractivity contribution in [2.45, 2.75) is 0 Å². The van der Waals surface area contributed by atoms with E-state index < -0.39 is 0 Å². The molecule has 0 fully saturated rings. The van der Waals surface area contributed by atoms with Crippen LogP contribution in [-0.4, -0.2) is 23.2 Å². The minimum atomic E-state index is -0.352. The summed E-state index contributed by atoms with van der Waals surface area (Å²) < 4.78 is 24.0. The zero-order valence-corrected chi connectivity index (χ0v) is 13.6. The fourth-order valence-corrected chi connectivity index (χ4v) is 2.25. The normalized spacial score (nSPS) is 10.2. The van der Waals surface area contributed by atoms with Crippen molar-refractivity contribution in [1.82, 2.24) is 9.97 Å². The Bertz CT molecular complexity index is 994. The lowest BCUT2D eigenvalue weighted by atomic mass is 10.1. The number of aromatic amines is 1. The van der Waals surface area contributed by atoms with E-state index in [-0.39, 0.29) is 24.6 Å². The first-order valence-electron chi connectivity index (χ1n) is 7.76. The van der Waals surface area contributed by atoms with E-state index in [1.54, 1.807) is 24.3 Å². The predicted octanol–water partition coefficient (Wildman–Crippen LogP) is 2.91. The van der Waals surface area contributed by atoms with Crippen molar-refractivity contribution in [3.8, 4) is 29.0 Å². The van der Waals surface area contributed by atoms with Crippen molar-refractivity contribution >= 4 is 0 Å². The van der Waals surface area contributed by atoms with Crippen LogP contribution in [0.1, 0.15) is 5.56 Å². The third-order valence-corrected chi connectivity index (χ3v) is 3.44. The number of hydrogen-bond donors (Lipinski definition) is 1. The number of halogens is 1. The van der Waals surface area contributed by atoms with Crippen molar-refractivity contribution in [3.63, 3.8) is 0 Å². The van der Waals surface area contributed by atoms with E-state index >= 15 is 0 Å². The molecule has 0 aliphatic carbocycles. The topological polar surface area (TPSA) is 88.0 Å². The summed E-state index contributed by atoms with van der Waals surface area (Å²) in [5.41, 5.74) is 1.32. The van der Waals surface area contributed by atoms with Gasteiger partial charge in [0.25, 0.3) is 5.56 Å². The van der Waals surface area contributed by atoms with Gasteiger partial charge in [-0.3, -0.25) is 4.79 Å². The maximum absolute atomic E-state index is 13.0. The molecule has 0 amide bonds. The molecule has 0 spiro atoms. The second-order valence-electron chi connectivity index (χ2n) is 5.29. The number of nitrogens with zero attached hydrogens (tertiary/aromatic N) is 2. The van der Waals surface area contributed by atoms with Gasteiger partial charge in [-0.2, -0.15) is 5.26 Å². The van der Waals surface area contributed by atoms with Gasteiger partial charge in [0.05, 0.1) is 17.3 Å². The summed E-state index contributed by atoms with van der Waals surface area (Å²) in [5, 5.41) is 8.83. The molecule has 2 aromatic heterocycles. The largest absolute Gasteiger partial charge is 0.490 e. The van der Waals surface area contributed by atoms with Crippen molar-refractivity contribution in [1.29, 1.82) is 5.26 Å². The monoisotopic (exact) mass is 351 g/mol. The highest BCUT2D eigenvalue weighted by molar-refractivity contribution is 5.60. The standard InChI is InChI=1S/C19H14FN3O3/c20-15-3-1-14(2-4-15)17-10-16(11-18(24)23-17)25-7-8-26-19-9-13(12-21)5-6-22-19/h1-6,9-11H,7-8H2,(H,23,24). The molecule has 7 heteroatoms. The molecule has 3 aromatic rings. The van der Waals surface area contributed by atoms with E-state index in [4.69, 9.17) is 14.7 Å². The molecule has 0 radical (unpaired) electrons. The van der Waals surface area contributed by atoms with Crippen LogP contribution in [0.15, 0.2) is 59.5 Å². The average Bonchev–Trinajstić information content (AvgIpc) is 2.65. The minimum absolute atomic E-state index is 0.185. The molecular formula is C19H14FN3O3. The Morgan fingerprint density at radius 2 is 1.85 bits per heavy atom. The molecule has 2 heterocycles. The highest BCUT2D eigenvalue weighted by Crippen LogP contribution is 2.20. The Kier molecular flexibility index (Phi) is 5.25. The molecule has 0 bridgehead atoms. The summed E-state index contributed by atoms with van der Waals surface area (Å²) in [6.07, 6.45) is 1.49. The molecule has 0 aliphatic heterocycles. The van der Waals surface area contributed by atoms with Crippen LogP contribution in [0.3, 0.4) is 0 Å². The smallest absolute Gasteiger partial charge is 0.252 e. The summed E-state index contributed by atoms with van der Waals surface area (Å²) in [4.78, 5) is 18.5. The van der Waals surface area contributed by atoms with Gasteiger partial charge in [-0.05, 0) is 35.9 Å². The molecule has 0 saturated heterocycles. The predicted molar refractivity (Wildman–Crippen MR) is 92.4 cm³/mol. The van der Waals surface area contributed by atoms with Crippen molar-refractivity contribution < 1.29 is 13.9 Å². The minimum Gasteiger partial charge on any atom is -0.490 e. The second-order valence-corrected chi connectivity index (χ2v) is 5.29. The Balaban J connectivity index is 1.62. The summed E-state index contributed by atoms with van der Waals surface area (Å²) in [6, 6.07) is 13.9. The van der Waals surface area contributed by atoms with Gasteiger partial charge in [-0.15, -0.1) is 0 Å².